The largest absolute Gasteiger partial charge is 0.493 e. The Bertz CT molecular complexity index is 793. The van der Waals surface area contributed by atoms with Gasteiger partial charge in [0.1, 0.15) is 0 Å². The SMILES string of the molecule is CCc1ccc(Cl)c(CC)c1NC(=O)NCCc1ccc(OC)c(OC)c1. The number of rotatable bonds is 8. The Kier molecular flexibility index (Phi) is 7.80. The van der Waals surface area contributed by atoms with Gasteiger partial charge >= 0.3 is 6.03 Å². The van der Waals surface area contributed by atoms with Crippen LogP contribution in [0.2, 0.25) is 5.02 Å². The molecule has 6 heteroatoms. The predicted molar refractivity (Wildman–Crippen MR) is 110 cm³/mol. The summed E-state index contributed by atoms with van der Waals surface area (Å²) in [5, 5.41) is 6.55. The average molecular weight is 391 g/mol. The van der Waals surface area contributed by atoms with Gasteiger partial charge in [-0.25, -0.2) is 4.79 Å². The van der Waals surface area contributed by atoms with Crippen LogP contribution in [0, 0.1) is 0 Å². The zero-order valence-corrected chi connectivity index (χ0v) is 17.1. The molecule has 146 valence electrons. The first-order chi connectivity index (χ1) is 13.0. The predicted octanol–water partition coefficient (Wildman–Crippen LogP) is 4.85. The number of benzene rings is 2. The third-order valence-corrected chi connectivity index (χ3v) is 4.82. The summed E-state index contributed by atoms with van der Waals surface area (Å²) >= 11 is 6.29. The van der Waals surface area contributed by atoms with E-state index in [2.05, 4.69) is 17.6 Å². The number of anilines is 1. The number of hydrogen-bond acceptors (Lipinski definition) is 3. The van der Waals surface area contributed by atoms with E-state index < -0.39 is 0 Å². The van der Waals surface area contributed by atoms with Crippen molar-refractivity contribution in [1.29, 1.82) is 0 Å². The second-order valence-electron chi connectivity index (χ2n) is 6.09. The number of carbonyl (C=O) groups is 1. The molecule has 27 heavy (non-hydrogen) atoms. The van der Waals surface area contributed by atoms with Crippen LogP contribution < -0.4 is 20.1 Å². The molecule has 0 bridgehead atoms. The summed E-state index contributed by atoms with van der Waals surface area (Å²) < 4.78 is 10.5. The summed E-state index contributed by atoms with van der Waals surface area (Å²) in [6, 6.07) is 9.35. The second-order valence-corrected chi connectivity index (χ2v) is 6.49. The Morgan fingerprint density at radius 2 is 1.78 bits per heavy atom. The van der Waals surface area contributed by atoms with E-state index in [9.17, 15) is 4.79 Å². The number of hydrogen-bond donors (Lipinski definition) is 2. The minimum atomic E-state index is -0.234. The standard InChI is InChI=1S/C21H27ClN2O3/c1-5-15-8-9-17(22)16(6-2)20(15)24-21(25)23-12-11-14-7-10-18(26-3)19(13-14)27-4/h7-10,13H,5-6,11-12H2,1-4H3,(H2,23,24,25). The lowest BCUT2D eigenvalue weighted by Crippen LogP contribution is -2.31. The van der Waals surface area contributed by atoms with Crippen molar-refractivity contribution >= 4 is 23.3 Å². The summed E-state index contributed by atoms with van der Waals surface area (Å²) in [5.41, 5.74) is 3.91. The molecule has 0 radical (unpaired) electrons. The first-order valence-corrected chi connectivity index (χ1v) is 9.47. The Morgan fingerprint density at radius 3 is 2.41 bits per heavy atom. The van der Waals surface area contributed by atoms with E-state index in [-0.39, 0.29) is 6.03 Å². The highest BCUT2D eigenvalue weighted by molar-refractivity contribution is 6.31. The number of nitrogens with one attached hydrogen (secondary N) is 2. The number of carbonyl (C=O) groups excluding carboxylic acids is 1. The third-order valence-electron chi connectivity index (χ3n) is 4.46. The molecule has 0 aliphatic rings. The van der Waals surface area contributed by atoms with Crippen molar-refractivity contribution in [3.63, 3.8) is 0 Å². The van der Waals surface area contributed by atoms with Crippen molar-refractivity contribution in [1.82, 2.24) is 5.32 Å². The van der Waals surface area contributed by atoms with E-state index in [4.69, 9.17) is 21.1 Å². The van der Waals surface area contributed by atoms with Gasteiger partial charge in [0.25, 0.3) is 0 Å². The lowest BCUT2D eigenvalue weighted by molar-refractivity contribution is 0.252. The Hall–Kier alpha value is -2.40. The van der Waals surface area contributed by atoms with Crippen molar-refractivity contribution in [3.05, 3.63) is 52.0 Å². The van der Waals surface area contributed by atoms with Crippen molar-refractivity contribution in [3.8, 4) is 11.5 Å². The molecule has 0 atom stereocenters. The molecule has 0 unspecified atom stereocenters. The van der Waals surface area contributed by atoms with Gasteiger partial charge in [-0.05, 0) is 54.2 Å². The van der Waals surface area contributed by atoms with Gasteiger partial charge in [-0.3, -0.25) is 0 Å². The van der Waals surface area contributed by atoms with E-state index in [1.165, 1.54) is 0 Å². The molecule has 2 amide bonds. The maximum atomic E-state index is 12.4. The van der Waals surface area contributed by atoms with Gasteiger partial charge in [0.2, 0.25) is 0 Å². The number of urea groups is 1. The van der Waals surface area contributed by atoms with Gasteiger partial charge in [-0.2, -0.15) is 0 Å². The van der Waals surface area contributed by atoms with Crippen molar-refractivity contribution < 1.29 is 14.3 Å². The van der Waals surface area contributed by atoms with Gasteiger partial charge < -0.3 is 20.1 Å². The molecule has 2 aromatic rings. The molecular weight excluding hydrogens is 364 g/mol. The van der Waals surface area contributed by atoms with E-state index >= 15 is 0 Å². The molecule has 5 nitrogen and oxygen atoms in total. The number of ether oxygens (including phenoxy) is 2. The molecule has 0 aromatic heterocycles. The normalized spacial score (nSPS) is 10.4. The maximum absolute atomic E-state index is 12.4. The lowest BCUT2D eigenvalue weighted by atomic mass is 10.0. The van der Waals surface area contributed by atoms with Crippen LogP contribution in [0.3, 0.4) is 0 Å². The highest BCUT2D eigenvalue weighted by Crippen LogP contribution is 2.29. The van der Waals surface area contributed by atoms with Crippen LogP contribution in [0.5, 0.6) is 11.5 Å². The fourth-order valence-electron chi connectivity index (χ4n) is 2.98. The van der Waals surface area contributed by atoms with E-state index in [0.717, 1.165) is 35.2 Å². The molecule has 2 aromatic carbocycles. The summed E-state index contributed by atoms with van der Waals surface area (Å²) in [4.78, 5) is 12.4. The molecule has 0 saturated carbocycles. The van der Waals surface area contributed by atoms with Gasteiger partial charge in [0.15, 0.2) is 11.5 Å². The molecule has 0 fully saturated rings. The van der Waals surface area contributed by atoms with Crippen LogP contribution in [-0.4, -0.2) is 26.8 Å². The minimum Gasteiger partial charge on any atom is -0.493 e. The zero-order chi connectivity index (χ0) is 19.8. The highest BCUT2D eigenvalue weighted by Gasteiger charge is 2.13. The first-order valence-electron chi connectivity index (χ1n) is 9.09. The monoisotopic (exact) mass is 390 g/mol. The van der Waals surface area contributed by atoms with E-state index in [0.29, 0.717) is 29.5 Å². The summed E-state index contributed by atoms with van der Waals surface area (Å²) in [5.74, 6) is 1.37. The third kappa shape index (κ3) is 5.30. The summed E-state index contributed by atoms with van der Waals surface area (Å²) in [7, 11) is 3.21. The Balaban J connectivity index is 1.99. The molecule has 0 saturated heterocycles. The number of methoxy groups -OCH3 is 2. The number of amides is 2. The van der Waals surface area contributed by atoms with Crippen molar-refractivity contribution in [2.75, 3.05) is 26.1 Å². The van der Waals surface area contributed by atoms with Gasteiger partial charge in [0.05, 0.1) is 19.9 Å². The van der Waals surface area contributed by atoms with E-state index in [1.54, 1.807) is 14.2 Å². The fraction of sp³-hybridized carbons (Fsp3) is 0.381. The average Bonchev–Trinajstić information content (AvgIpc) is 2.68. The highest BCUT2D eigenvalue weighted by atomic mass is 35.5. The van der Waals surface area contributed by atoms with Crippen LogP contribution >= 0.6 is 11.6 Å². The lowest BCUT2D eigenvalue weighted by Gasteiger charge is -2.16. The van der Waals surface area contributed by atoms with Crippen LogP contribution in [-0.2, 0) is 19.3 Å². The van der Waals surface area contributed by atoms with E-state index in [1.807, 2.05) is 37.3 Å². The Morgan fingerprint density at radius 1 is 1.04 bits per heavy atom. The van der Waals surface area contributed by atoms with Crippen molar-refractivity contribution in [2.45, 2.75) is 33.1 Å². The molecule has 2 N–H and O–H groups in total. The molecule has 0 aliphatic heterocycles. The van der Waals surface area contributed by atoms with Crippen molar-refractivity contribution in [2.24, 2.45) is 0 Å². The summed E-state index contributed by atoms with van der Waals surface area (Å²) in [6.45, 7) is 4.59. The van der Waals surface area contributed by atoms with Crippen LogP contribution in [0.1, 0.15) is 30.5 Å². The molecule has 0 heterocycles. The van der Waals surface area contributed by atoms with Crippen LogP contribution in [0.25, 0.3) is 0 Å². The second kappa shape index (κ2) is 10.1. The Labute approximate surface area is 166 Å². The summed E-state index contributed by atoms with van der Waals surface area (Å²) in [6.07, 6.45) is 2.27. The maximum Gasteiger partial charge on any atom is 0.319 e. The molecule has 0 spiro atoms. The minimum absolute atomic E-state index is 0.234. The smallest absolute Gasteiger partial charge is 0.319 e. The molecular formula is C21H27ClN2O3. The van der Waals surface area contributed by atoms with Gasteiger partial charge in [0, 0.05) is 11.6 Å². The number of halogens is 1. The quantitative estimate of drug-likeness (QED) is 0.677. The number of aryl methyl sites for hydroxylation is 1. The van der Waals surface area contributed by atoms with Gasteiger partial charge in [-0.15, -0.1) is 0 Å². The van der Waals surface area contributed by atoms with Crippen LogP contribution in [0.4, 0.5) is 10.5 Å². The fourth-order valence-corrected chi connectivity index (χ4v) is 3.27. The molecule has 2 rings (SSSR count). The first kappa shape index (κ1) is 20.9. The zero-order valence-electron chi connectivity index (χ0n) is 16.3. The van der Waals surface area contributed by atoms with Crippen LogP contribution in [0.15, 0.2) is 30.3 Å². The molecule has 0 aliphatic carbocycles. The topological polar surface area (TPSA) is 59.6 Å². The van der Waals surface area contributed by atoms with Gasteiger partial charge in [-0.1, -0.05) is 37.6 Å².